The zero-order chi connectivity index (χ0) is 22.7. The number of anilines is 1. The Morgan fingerprint density at radius 1 is 1.12 bits per heavy atom. The third-order valence-electron chi connectivity index (χ3n) is 5.16. The van der Waals surface area contributed by atoms with Gasteiger partial charge in [-0.1, -0.05) is 49.4 Å². The normalized spacial score (nSPS) is 12.3. The highest BCUT2D eigenvalue weighted by Crippen LogP contribution is 2.32. The first-order chi connectivity index (χ1) is 15.4. The van der Waals surface area contributed by atoms with Crippen molar-refractivity contribution in [1.82, 2.24) is 9.97 Å². The molecule has 0 aliphatic heterocycles. The first-order valence-corrected chi connectivity index (χ1v) is 12.1. The number of thioether (sulfide) groups is 1. The number of rotatable bonds is 8. The molecule has 0 unspecified atom stereocenters. The summed E-state index contributed by atoms with van der Waals surface area (Å²) in [6.07, 6.45) is 3.55. The van der Waals surface area contributed by atoms with Gasteiger partial charge in [0.2, 0.25) is 11.8 Å². The Labute approximate surface area is 195 Å². The Kier molecular flexibility index (Phi) is 6.81. The molecule has 0 saturated carbocycles. The number of carbonyl (C=O) groups is 1. The standard InChI is InChI=1S/C24H25N3O3S2/c1-14(2)20-11-25-21(30-20)13-31-22-12-26-24(32-22)27-23(28)15(3)16-5-6-18-10-19(29-4)8-7-17(18)9-16/h5-12,14-15H,13H2,1-4H3,(H,26,27,28)/t15-/m0/s1. The van der Waals surface area contributed by atoms with Gasteiger partial charge in [0.05, 0.1) is 35.4 Å². The maximum Gasteiger partial charge on any atom is 0.233 e. The molecule has 8 heteroatoms. The van der Waals surface area contributed by atoms with E-state index in [1.54, 1.807) is 31.3 Å². The van der Waals surface area contributed by atoms with E-state index in [1.807, 2.05) is 43.3 Å². The lowest BCUT2D eigenvalue weighted by Gasteiger charge is -2.12. The average Bonchev–Trinajstić information content (AvgIpc) is 3.46. The SMILES string of the molecule is COc1ccc2cc([C@H](C)C(=O)Nc3ncc(SCc4ncc(C(C)C)o4)s3)ccc2c1. The molecule has 2 heterocycles. The van der Waals surface area contributed by atoms with Crippen LogP contribution in [0.2, 0.25) is 0 Å². The Balaban J connectivity index is 1.37. The van der Waals surface area contributed by atoms with E-state index in [0.29, 0.717) is 22.7 Å². The van der Waals surface area contributed by atoms with Crippen molar-refractivity contribution in [2.75, 3.05) is 12.4 Å². The van der Waals surface area contributed by atoms with E-state index in [2.05, 4.69) is 29.1 Å². The largest absolute Gasteiger partial charge is 0.497 e. The molecule has 0 aliphatic rings. The van der Waals surface area contributed by atoms with Crippen molar-refractivity contribution >= 4 is 44.9 Å². The highest BCUT2D eigenvalue weighted by molar-refractivity contribution is 8.00. The fourth-order valence-corrected chi connectivity index (χ4v) is 4.91. The van der Waals surface area contributed by atoms with Gasteiger partial charge in [0, 0.05) is 5.92 Å². The molecule has 0 radical (unpaired) electrons. The van der Waals surface area contributed by atoms with E-state index in [-0.39, 0.29) is 11.8 Å². The van der Waals surface area contributed by atoms with Crippen molar-refractivity contribution in [3.05, 3.63) is 66.0 Å². The Morgan fingerprint density at radius 2 is 1.91 bits per heavy atom. The van der Waals surface area contributed by atoms with Crippen molar-refractivity contribution in [3.63, 3.8) is 0 Å². The Bertz CT molecular complexity index is 1230. The Morgan fingerprint density at radius 3 is 2.66 bits per heavy atom. The van der Waals surface area contributed by atoms with Crippen LogP contribution in [0.15, 0.2) is 57.4 Å². The molecule has 0 saturated heterocycles. The number of benzene rings is 2. The molecule has 2 aromatic heterocycles. The summed E-state index contributed by atoms with van der Waals surface area (Å²) in [6, 6.07) is 12.0. The number of thiazole rings is 1. The minimum absolute atomic E-state index is 0.0851. The summed E-state index contributed by atoms with van der Waals surface area (Å²) in [5.74, 6) is 2.96. The van der Waals surface area contributed by atoms with Crippen LogP contribution in [0.4, 0.5) is 5.13 Å². The third-order valence-corrected chi connectivity index (χ3v) is 7.25. The zero-order valence-electron chi connectivity index (χ0n) is 18.4. The molecule has 32 heavy (non-hydrogen) atoms. The smallest absolute Gasteiger partial charge is 0.233 e. The second-order valence-corrected chi connectivity index (χ2v) is 10.1. The van der Waals surface area contributed by atoms with Gasteiger partial charge in [0.25, 0.3) is 0 Å². The van der Waals surface area contributed by atoms with E-state index in [4.69, 9.17) is 9.15 Å². The molecule has 6 nitrogen and oxygen atoms in total. The first-order valence-electron chi connectivity index (χ1n) is 10.3. The molecule has 0 spiro atoms. The number of hydrogen-bond acceptors (Lipinski definition) is 7. The number of hydrogen-bond donors (Lipinski definition) is 1. The summed E-state index contributed by atoms with van der Waals surface area (Å²) < 4.78 is 12.0. The van der Waals surface area contributed by atoms with E-state index < -0.39 is 0 Å². The minimum atomic E-state index is -0.303. The number of nitrogens with one attached hydrogen (secondary N) is 1. The third kappa shape index (κ3) is 5.14. The Hall–Kier alpha value is -2.84. The second kappa shape index (κ2) is 9.75. The van der Waals surface area contributed by atoms with E-state index in [0.717, 1.165) is 32.1 Å². The summed E-state index contributed by atoms with van der Waals surface area (Å²) in [7, 11) is 1.65. The van der Waals surface area contributed by atoms with E-state index in [9.17, 15) is 4.79 Å². The fraction of sp³-hybridized carbons (Fsp3) is 0.292. The van der Waals surface area contributed by atoms with Crippen molar-refractivity contribution in [2.24, 2.45) is 0 Å². The van der Waals surface area contributed by atoms with Gasteiger partial charge in [0.1, 0.15) is 11.5 Å². The number of nitrogens with zero attached hydrogens (tertiary/aromatic N) is 2. The van der Waals surface area contributed by atoms with E-state index >= 15 is 0 Å². The van der Waals surface area contributed by atoms with Crippen molar-refractivity contribution in [2.45, 2.75) is 42.6 Å². The van der Waals surface area contributed by atoms with Crippen LogP contribution in [0, 0.1) is 0 Å². The lowest BCUT2D eigenvalue weighted by Crippen LogP contribution is -2.18. The lowest BCUT2D eigenvalue weighted by atomic mass is 9.97. The molecule has 4 aromatic rings. The van der Waals surface area contributed by atoms with Crippen LogP contribution in [0.5, 0.6) is 5.75 Å². The predicted molar refractivity (Wildman–Crippen MR) is 130 cm³/mol. The summed E-state index contributed by atoms with van der Waals surface area (Å²) in [6.45, 7) is 6.05. The molecule has 1 N–H and O–H groups in total. The number of carbonyl (C=O) groups excluding carboxylic acids is 1. The van der Waals surface area contributed by atoms with Gasteiger partial charge in [-0.05, 0) is 35.4 Å². The van der Waals surface area contributed by atoms with Gasteiger partial charge in [-0.25, -0.2) is 9.97 Å². The molecular formula is C24H25N3O3S2. The fourth-order valence-electron chi connectivity index (χ4n) is 3.18. The van der Waals surface area contributed by atoms with Crippen LogP contribution < -0.4 is 10.1 Å². The number of ether oxygens (including phenoxy) is 1. The molecular weight excluding hydrogens is 442 g/mol. The van der Waals surface area contributed by atoms with Crippen molar-refractivity contribution < 1.29 is 13.9 Å². The highest BCUT2D eigenvalue weighted by Gasteiger charge is 2.18. The first kappa shape index (κ1) is 22.4. The quantitative estimate of drug-likeness (QED) is 0.300. The molecule has 0 fully saturated rings. The average molecular weight is 468 g/mol. The monoisotopic (exact) mass is 467 g/mol. The summed E-state index contributed by atoms with van der Waals surface area (Å²) in [4.78, 5) is 21.5. The molecule has 0 bridgehead atoms. The predicted octanol–water partition coefficient (Wildman–Crippen LogP) is 6.45. The lowest BCUT2D eigenvalue weighted by molar-refractivity contribution is -0.117. The summed E-state index contributed by atoms with van der Waals surface area (Å²) in [5, 5.41) is 5.68. The van der Waals surface area contributed by atoms with Gasteiger partial charge in [-0.2, -0.15) is 0 Å². The van der Waals surface area contributed by atoms with Gasteiger partial charge in [-0.3, -0.25) is 4.79 Å². The van der Waals surface area contributed by atoms with Crippen LogP contribution in [0.25, 0.3) is 10.8 Å². The van der Waals surface area contributed by atoms with Crippen LogP contribution in [0.1, 0.15) is 49.8 Å². The van der Waals surface area contributed by atoms with Crippen LogP contribution >= 0.6 is 23.1 Å². The highest BCUT2D eigenvalue weighted by atomic mass is 32.2. The summed E-state index contributed by atoms with van der Waals surface area (Å²) >= 11 is 3.04. The van der Waals surface area contributed by atoms with Gasteiger partial charge >= 0.3 is 0 Å². The van der Waals surface area contributed by atoms with Gasteiger partial charge in [0.15, 0.2) is 5.13 Å². The molecule has 2 aromatic carbocycles. The topological polar surface area (TPSA) is 77.2 Å². The maximum atomic E-state index is 12.8. The van der Waals surface area contributed by atoms with Crippen LogP contribution in [0.3, 0.4) is 0 Å². The van der Waals surface area contributed by atoms with Crippen molar-refractivity contribution in [1.29, 1.82) is 0 Å². The number of methoxy groups -OCH3 is 1. The molecule has 4 rings (SSSR count). The molecule has 0 aliphatic carbocycles. The summed E-state index contributed by atoms with van der Waals surface area (Å²) in [5.41, 5.74) is 0.955. The second-order valence-electron chi connectivity index (χ2n) is 7.77. The zero-order valence-corrected chi connectivity index (χ0v) is 20.0. The number of aromatic nitrogens is 2. The molecule has 1 atom stereocenters. The van der Waals surface area contributed by atoms with Gasteiger partial charge < -0.3 is 14.5 Å². The minimum Gasteiger partial charge on any atom is -0.497 e. The number of amides is 1. The number of fused-ring (bicyclic) bond motifs is 1. The van der Waals surface area contributed by atoms with E-state index in [1.165, 1.54) is 11.3 Å². The van der Waals surface area contributed by atoms with Gasteiger partial charge in [-0.15, -0.1) is 11.8 Å². The van der Waals surface area contributed by atoms with Crippen LogP contribution in [-0.4, -0.2) is 23.0 Å². The van der Waals surface area contributed by atoms with Crippen LogP contribution in [-0.2, 0) is 10.5 Å². The maximum absolute atomic E-state index is 12.8. The van der Waals surface area contributed by atoms with Crippen molar-refractivity contribution in [3.8, 4) is 5.75 Å². The molecule has 166 valence electrons. The molecule has 1 amide bonds. The number of oxazole rings is 1.